The largest absolute Gasteiger partial charge is 0.492 e. The van der Waals surface area contributed by atoms with Crippen molar-refractivity contribution in [3.63, 3.8) is 0 Å². The lowest BCUT2D eigenvalue weighted by atomic mass is 10.3. The van der Waals surface area contributed by atoms with E-state index >= 15 is 0 Å². The minimum Gasteiger partial charge on any atom is -0.492 e. The number of pyridine rings is 1. The van der Waals surface area contributed by atoms with Crippen LogP contribution in [-0.2, 0) is 0 Å². The van der Waals surface area contributed by atoms with E-state index < -0.39 is 0 Å². The summed E-state index contributed by atoms with van der Waals surface area (Å²) in [6.45, 7) is 4.69. The molecule has 1 aromatic rings. The Balaban J connectivity index is 2.53. The second-order valence-electron chi connectivity index (χ2n) is 3.69. The summed E-state index contributed by atoms with van der Waals surface area (Å²) in [7, 11) is 4.04. The predicted molar refractivity (Wildman–Crippen MR) is 67.2 cm³/mol. The molecular formula is C12H21N3O. The van der Waals surface area contributed by atoms with E-state index in [9.17, 15) is 0 Å². The molecule has 1 rings (SSSR count). The van der Waals surface area contributed by atoms with Crippen LogP contribution in [0, 0.1) is 0 Å². The topological polar surface area (TPSA) is 37.4 Å². The highest BCUT2D eigenvalue weighted by Gasteiger charge is 2.02. The monoisotopic (exact) mass is 223 g/mol. The van der Waals surface area contributed by atoms with E-state index in [0.29, 0.717) is 6.61 Å². The Morgan fingerprint density at radius 1 is 1.44 bits per heavy atom. The number of anilines is 1. The van der Waals surface area contributed by atoms with Gasteiger partial charge in [0.05, 0.1) is 24.7 Å². The van der Waals surface area contributed by atoms with E-state index in [4.69, 9.17) is 4.74 Å². The van der Waals surface area contributed by atoms with Crippen LogP contribution in [0.2, 0.25) is 0 Å². The van der Waals surface area contributed by atoms with Crippen LogP contribution >= 0.6 is 0 Å². The summed E-state index contributed by atoms with van der Waals surface area (Å²) in [6, 6.07) is 2.02. The fraction of sp³-hybridized carbons (Fsp3) is 0.583. The molecule has 0 fully saturated rings. The third-order valence-corrected chi connectivity index (χ3v) is 2.37. The van der Waals surface area contributed by atoms with Crippen LogP contribution in [0.5, 0.6) is 5.75 Å². The number of aromatic nitrogens is 1. The first-order valence-corrected chi connectivity index (χ1v) is 5.71. The second-order valence-corrected chi connectivity index (χ2v) is 3.69. The number of hydrogen-bond acceptors (Lipinski definition) is 4. The molecule has 1 aromatic heterocycles. The Hall–Kier alpha value is -1.29. The van der Waals surface area contributed by atoms with E-state index in [0.717, 1.165) is 30.9 Å². The molecule has 0 saturated carbocycles. The maximum absolute atomic E-state index is 5.42. The van der Waals surface area contributed by atoms with Gasteiger partial charge in [-0.05, 0) is 26.9 Å². The molecule has 0 radical (unpaired) electrons. The fourth-order valence-electron chi connectivity index (χ4n) is 1.48. The highest BCUT2D eigenvalue weighted by atomic mass is 16.5. The first-order chi connectivity index (χ1) is 7.77. The third-order valence-electron chi connectivity index (χ3n) is 2.37. The summed E-state index contributed by atoms with van der Waals surface area (Å²) in [4.78, 5) is 6.36. The van der Waals surface area contributed by atoms with Gasteiger partial charge in [-0.1, -0.05) is 0 Å². The lowest BCUT2D eigenvalue weighted by Gasteiger charge is -2.19. The van der Waals surface area contributed by atoms with Crippen molar-refractivity contribution in [2.24, 2.45) is 0 Å². The van der Waals surface area contributed by atoms with Gasteiger partial charge in [-0.15, -0.1) is 0 Å². The van der Waals surface area contributed by atoms with E-state index in [1.807, 2.05) is 26.2 Å². The summed E-state index contributed by atoms with van der Waals surface area (Å²) in [5, 5.41) is 3.14. The summed E-state index contributed by atoms with van der Waals surface area (Å²) >= 11 is 0. The van der Waals surface area contributed by atoms with Crippen LogP contribution < -0.4 is 15.0 Å². The van der Waals surface area contributed by atoms with Gasteiger partial charge < -0.3 is 15.0 Å². The Bertz CT molecular complexity index is 304. The molecule has 0 bridgehead atoms. The lowest BCUT2D eigenvalue weighted by Crippen LogP contribution is -2.22. The SMILES string of the molecule is CCOc1cncc(N(C)CCCNC)c1. The molecule has 0 saturated heterocycles. The first kappa shape index (κ1) is 12.8. The van der Waals surface area contributed by atoms with Crippen LogP contribution in [0.1, 0.15) is 13.3 Å². The molecule has 0 aliphatic heterocycles. The fourth-order valence-corrected chi connectivity index (χ4v) is 1.48. The lowest BCUT2D eigenvalue weighted by molar-refractivity contribution is 0.339. The maximum atomic E-state index is 5.42. The Kier molecular flexibility index (Phi) is 5.64. The average molecular weight is 223 g/mol. The number of ether oxygens (including phenoxy) is 1. The van der Waals surface area contributed by atoms with Gasteiger partial charge in [0.2, 0.25) is 0 Å². The molecule has 0 spiro atoms. The van der Waals surface area contributed by atoms with E-state index in [1.54, 1.807) is 6.20 Å². The van der Waals surface area contributed by atoms with Crippen LogP contribution in [0.25, 0.3) is 0 Å². The van der Waals surface area contributed by atoms with Gasteiger partial charge in [-0.25, -0.2) is 0 Å². The average Bonchev–Trinajstić information content (AvgIpc) is 2.30. The minimum absolute atomic E-state index is 0.675. The molecule has 0 aliphatic carbocycles. The maximum Gasteiger partial charge on any atom is 0.139 e. The molecule has 16 heavy (non-hydrogen) atoms. The van der Waals surface area contributed by atoms with Crippen molar-refractivity contribution in [2.75, 3.05) is 38.7 Å². The molecule has 1 N–H and O–H groups in total. The highest BCUT2D eigenvalue weighted by molar-refractivity contribution is 5.47. The predicted octanol–water partition coefficient (Wildman–Crippen LogP) is 1.53. The number of nitrogens with zero attached hydrogens (tertiary/aromatic N) is 2. The standard InChI is InChI=1S/C12H21N3O/c1-4-16-12-8-11(9-14-10-12)15(3)7-5-6-13-2/h8-10,13H,4-7H2,1-3H3. The second kappa shape index (κ2) is 7.06. The van der Waals surface area contributed by atoms with Crippen molar-refractivity contribution in [1.29, 1.82) is 0 Å². The molecule has 0 unspecified atom stereocenters. The molecule has 90 valence electrons. The Labute approximate surface area is 97.6 Å². The van der Waals surface area contributed by atoms with Gasteiger partial charge in [0, 0.05) is 19.7 Å². The Morgan fingerprint density at radius 3 is 2.94 bits per heavy atom. The molecule has 4 nitrogen and oxygen atoms in total. The van der Waals surface area contributed by atoms with Crippen molar-refractivity contribution in [3.8, 4) is 5.75 Å². The van der Waals surface area contributed by atoms with Gasteiger partial charge in [-0.3, -0.25) is 4.98 Å². The van der Waals surface area contributed by atoms with Crippen LogP contribution in [0.3, 0.4) is 0 Å². The van der Waals surface area contributed by atoms with Crippen molar-refractivity contribution in [1.82, 2.24) is 10.3 Å². The van der Waals surface area contributed by atoms with Crippen LogP contribution in [-0.4, -0.2) is 38.8 Å². The minimum atomic E-state index is 0.675. The zero-order valence-electron chi connectivity index (χ0n) is 10.4. The Morgan fingerprint density at radius 2 is 2.25 bits per heavy atom. The van der Waals surface area contributed by atoms with Crippen LogP contribution in [0.4, 0.5) is 5.69 Å². The van der Waals surface area contributed by atoms with Gasteiger partial charge in [-0.2, -0.15) is 0 Å². The quantitative estimate of drug-likeness (QED) is 0.711. The third kappa shape index (κ3) is 4.06. The van der Waals surface area contributed by atoms with Gasteiger partial charge >= 0.3 is 0 Å². The molecular weight excluding hydrogens is 202 g/mol. The summed E-state index contributed by atoms with van der Waals surface area (Å²) in [5.74, 6) is 0.834. The highest BCUT2D eigenvalue weighted by Crippen LogP contribution is 2.18. The van der Waals surface area contributed by atoms with Crippen molar-refractivity contribution < 1.29 is 4.74 Å². The number of rotatable bonds is 7. The van der Waals surface area contributed by atoms with Gasteiger partial charge in [0.1, 0.15) is 5.75 Å². The van der Waals surface area contributed by atoms with E-state index in [2.05, 4.69) is 22.2 Å². The first-order valence-electron chi connectivity index (χ1n) is 5.71. The number of nitrogens with one attached hydrogen (secondary N) is 1. The molecule has 0 aromatic carbocycles. The normalized spacial score (nSPS) is 10.2. The van der Waals surface area contributed by atoms with Crippen molar-refractivity contribution in [3.05, 3.63) is 18.5 Å². The number of hydrogen-bond donors (Lipinski definition) is 1. The summed E-state index contributed by atoms with van der Waals surface area (Å²) < 4.78 is 5.42. The zero-order valence-corrected chi connectivity index (χ0v) is 10.4. The molecule has 0 atom stereocenters. The van der Waals surface area contributed by atoms with Gasteiger partial charge in [0.25, 0.3) is 0 Å². The van der Waals surface area contributed by atoms with Gasteiger partial charge in [0.15, 0.2) is 0 Å². The molecule has 0 amide bonds. The zero-order chi connectivity index (χ0) is 11.8. The van der Waals surface area contributed by atoms with E-state index in [-0.39, 0.29) is 0 Å². The smallest absolute Gasteiger partial charge is 0.139 e. The van der Waals surface area contributed by atoms with Crippen LogP contribution in [0.15, 0.2) is 18.5 Å². The van der Waals surface area contributed by atoms with E-state index in [1.165, 1.54) is 0 Å². The summed E-state index contributed by atoms with van der Waals surface area (Å²) in [6.07, 6.45) is 4.72. The molecule has 0 aliphatic rings. The molecule has 1 heterocycles. The summed E-state index contributed by atoms with van der Waals surface area (Å²) in [5.41, 5.74) is 1.10. The van der Waals surface area contributed by atoms with Crippen molar-refractivity contribution >= 4 is 5.69 Å². The van der Waals surface area contributed by atoms with Crippen molar-refractivity contribution in [2.45, 2.75) is 13.3 Å². The molecule has 4 heteroatoms.